The van der Waals surface area contributed by atoms with Crippen molar-refractivity contribution in [2.45, 2.75) is 5.54 Å². The third-order valence-corrected chi connectivity index (χ3v) is 0.945. The molecule has 0 radical (unpaired) electrons. The normalized spacial score (nSPS) is 10.0. The summed E-state index contributed by atoms with van der Waals surface area (Å²) in [7, 11) is 0. The Morgan fingerprint density at radius 3 is 1.25 bits per heavy atom. The van der Waals surface area contributed by atoms with Gasteiger partial charge in [-0.15, -0.1) is 0 Å². The van der Waals surface area contributed by atoms with Crippen LogP contribution in [0.1, 0.15) is 0 Å². The van der Waals surface area contributed by atoms with Crippen molar-refractivity contribution in [1.82, 2.24) is 0 Å². The molecule has 0 saturated carbocycles. The molecule has 0 atom stereocenters. The molecule has 0 aromatic carbocycles. The number of aliphatic hydroxyl groups is 3. The summed E-state index contributed by atoms with van der Waals surface area (Å²) in [5.74, 6) is 0. The Hall–Kier alpha value is -0.890. The number of rotatable bonds is 3. The zero-order chi connectivity index (χ0) is 10.2. The maximum absolute atomic E-state index is 8.56. The Morgan fingerprint density at radius 1 is 1.08 bits per heavy atom. The second-order valence-corrected chi connectivity index (χ2v) is 2.12. The van der Waals surface area contributed by atoms with Gasteiger partial charge in [-0.2, -0.15) is 0 Å². The van der Waals surface area contributed by atoms with Crippen LogP contribution in [0.3, 0.4) is 0 Å². The minimum atomic E-state index is -1.83. The molecule has 0 aromatic heterocycles. The predicted molar refractivity (Wildman–Crippen MR) is 38.8 cm³/mol. The fourth-order valence-electron chi connectivity index (χ4n) is 0.150. The maximum Gasteiger partial charge on any atom is 0.503 e. The van der Waals surface area contributed by atoms with Crippen molar-refractivity contribution in [2.75, 3.05) is 19.8 Å². The van der Waals surface area contributed by atoms with Crippen LogP contribution < -0.4 is 5.73 Å². The molecule has 0 aliphatic heterocycles. The van der Waals surface area contributed by atoms with Gasteiger partial charge in [0.05, 0.1) is 25.4 Å². The first-order valence-electron chi connectivity index (χ1n) is 2.95. The van der Waals surface area contributed by atoms with E-state index in [2.05, 4.69) is 0 Å². The van der Waals surface area contributed by atoms with E-state index in [9.17, 15) is 0 Å². The van der Waals surface area contributed by atoms with E-state index in [-0.39, 0.29) is 0 Å². The minimum Gasteiger partial charge on any atom is -0.450 e. The molecule has 74 valence electrons. The van der Waals surface area contributed by atoms with E-state index in [4.69, 9.17) is 36.1 Å². The van der Waals surface area contributed by atoms with Crippen LogP contribution >= 0.6 is 0 Å². The van der Waals surface area contributed by atoms with Crippen molar-refractivity contribution in [2.24, 2.45) is 5.73 Å². The first-order valence-corrected chi connectivity index (χ1v) is 2.95. The van der Waals surface area contributed by atoms with E-state index in [1.165, 1.54) is 0 Å². The summed E-state index contributed by atoms with van der Waals surface area (Å²) < 4.78 is 0. The summed E-state index contributed by atoms with van der Waals surface area (Å²) in [5, 5.41) is 39.0. The zero-order valence-corrected chi connectivity index (χ0v) is 6.34. The van der Waals surface area contributed by atoms with Gasteiger partial charge in [0.25, 0.3) is 0 Å². The van der Waals surface area contributed by atoms with E-state index in [0.717, 1.165) is 0 Å². The smallest absolute Gasteiger partial charge is 0.450 e. The molecule has 0 bridgehead atoms. The molecule has 0 saturated heterocycles. The Bertz CT molecular complexity index is 111. The van der Waals surface area contributed by atoms with E-state index in [1.54, 1.807) is 0 Å². The molecule has 0 rings (SSSR count). The third kappa shape index (κ3) is 9.11. The van der Waals surface area contributed by atoms with E-state index in [1.807, 2.05) is 0 Å². The van der Waals surface area contributed by atoms with Crippen molar-refractivity contribution < 1.29 is 30.3 Å². The van der Waals surface area contributed by atoms with Crippen LogP contribution in [0.2, 0.25) is 0 Å². The summed E-state index contributed by atoms with van der Waals surface area (Å²) in [6.07, 6.45) is -1.83. The highest BCUT2D eigenvalue weighted by molar-refractivity contribution is 5.53. The highest BCUT2D eigenvalue weighted by atomic mass is 16.6. The molecule has 0 fully saturated rings. The molecule has 0 aromatic rings. The highest BCUT2D eigenvalue weighted by Gasteiger charge is 2.20. The van der Waals surface area contributed by atoms with Crippen LogP contribution in [0.4, 0.5) is 4.79 Å². The number of carbonyl (C=O) groups is 1. The fourth-order valence-corrected chi connectivity index (χ4v) is 0.150. The Kier molecular flexibility index (Phi) is 7.75. The van der Waals surface area contributed by atoms with Gasteiger partial charge in [-0.05, 0) is 0 Å². The lowest BCUT2D eigenvalue weighted by Gasteiger charge is -2.20. The average Bonchev–Trinajstić information content (AvgIpc) is 2.02. The zero-order valence-electron chi connectivity index (χ0n) is 6.34. The van der Waals surface area contributed by atoms with Crippen molar-refractivity contribution >= 4 is 6.16 Å². The summed E-state index contributed by atoms with van der Waals surface area (Å²) in [6.45, 7) is -1.21. The minimum absolute atomic E-state index is 0.403. The molecule has 0 heterocycles. The number of nitrogens with two attached hydrogens (primary N) is 1. The summed E-state index contributed by atoms with van der Waals surface area (Å²) in [5.41, 5.74) is 3.94. The van der Waals surface area contributed by atoms with Crippen molar-refractivity contribution in [3.05, 3.63) is 0 Å². The Labute approximate surface area is 68.7 Å². The molecule has 12 heavy (non-hydrogen) atoms. The summed E-state index contributed by atoms with van der Waals surface area (Å²) in [4.78, 5) is 8.56. The average molecular weight is 183 g/mol. The molecule has 7 N–H and O–H groups in total. The molecule has 0 aliphatic carbocycles. The molecule has 0 spiro atoms. The van der Waals surface area contributed by atoms with Crippen LogP contribution in [0.15, 0.2) is 0 Å². The molecule has 0 unspecified atom stereocenters. The first kappa shape index (κ1) is 13.7. The van der Waals surface area contributed by atoms with E-state index >= 15 is 0 Å². The van der Waals surface area contributed by atoms with Crippen LogP contribution in [0.5, 0.6) is 0 Å². The van der Waals surface area contributed by atoms with Gasteiger partial charge in [0.15, 0.2) is 0 Å². The molecule has 0 amide bonds. The number of hydrogen-bond donors (Lipinski definition) is 6. The molecule has 7 heteroatoms. The predicted octanol–water partition coefficient (Wildman–Crippen LogP) is -2.12. The van der Waals surface area contributed by atoms with E-state index in [0.29, 0.717) is 0 Å². The summed E-state index contributed by atoms with van der Waals surface area (Å²) in [6, 6.07) is 0. The van der Waals surface area contributed by atoms with Crippen LogP contribution in [-0.2, 0) is 0 Å². The van der Waals surface area contributed by atoms with Gasteiger partial charge in [-0.1, -0.05) is 0 Å². The lowest BCUT2D eigenvalue weighted by Crippen LogP contribution is -2.50. The molecular formula is C5H13NO6. The largest absolute Gasteiger partial charge is 0.503 e. The topological polar surface area (TPSA) is 144 Å². The van der Waals surface area contributed by atoms with Crippen molar-refractivity contribution in [1.29, 1.82) is 0 Å². The fraction of sp³-hybridized carbons (Fsp3) is 0.800. The van der Waals surface area contributed by atoms with Gasteiger partial charge >= 0.3 is 6.16 Å². The number of carboxylic acid groups (broad SMARTS) is 2. The third-order valence-electron chi connectivity index (χ3n) is 0.945. The van der Waals surface area contributed by atoms with E-state index < -0.39 is 31.5 Å². The quantitative estimate of drug-likeness (QED) is 0.293. The Balaban J connectivity index is 0. The molecule has 7 nitrogen and oxygen atoms in total. The molecular weight excluding hydrogens is 170 g/mol. The monoisotopic (exact) mass is 183 g/mol. The van der Waals surface area contributed by atoms with Gasteiger partial charge < -0.3 is 31.3 Å². The highest BCUT2D eigenvalue weighted by Crippen LogP contribution is 1.93. The van der Waals surface area contributed by atoms with Gasteiger partial charge in [0.2, 0.25) is 0 Å². The number of hydrogen-bond acceptors (Lipinski definition) is 5. The lowest BCUT2D eigenvalue weighted by atomic mass is 10.1. The standard InChI is InChI=1S/C4H11NO3.CH2O3/c5-4(1-6,2-7)3-8;2-1(3)4/h6-8H,1-3,5H2;(H2,2,3,4). The van der Waals surface area contributed by atoms with Crippen molar-refractivity contribution in [3.8, 4) is 0 Å². The lowest BCUT2D eigenvalue weighted by molar-refractivity contribution is 0.0697. The van der Waals surface area contributed by atoms with Gasteiger partial charge in [-0.25, -0.2) is 4.79 Å². The molecule has 0 aliphatic rings. The van der Waals surface area contributed by atoms with Crippen LogP contribution in [0, 0.1) is 0 Å². The van der Waals surface area contributed by atoms with Crippen LogP contribution in [0.25, 0.3) is 0 Å². The van der Waals surface area contributed by atoms with Gasteiger partial charge in [0.1, 0.15) is 0 Å². The summed E-state index contributed by atoms with van der Waals surface area (Å²) >= 11 is 0. The van der Waals surface area contributed by atoms with Crippen molar-refractivity contribution in [3.63, 3.8) is 0 Å². The van der Waals surface area contributed by atoms with Gasteiger partial charge in [0, 0.05) is 0 Å². The second-order valence-electron chi connectivity index (χ2n) is 2.12. The van der Waals surface area contributed by atoms with Crippen LogP contribution in [-0.4, -0.2) is 57.0 Å². The Morgan fingerprint density at radius 2 is 1.25 bits per heavy atom. The van der Waals surface area contributed by atoms with Gasteiger partial charge in [-0.3, -0.25) is 0 Å². The first-order chi connectivity index (χ1) is 5.41. The second kappa shape index (κ2) is 6.80. The SMILES string of the molecule is NC(CO)(CO)CO.O=C(O)O. The maximum atomic E-state index is 8.56. The number of aliphatic hydroxyl groups excluding tert-OH is 3.